The summed E-state index contributed by atoms with van der Waals surface area (Å²) in [6, 6.07) is 5.31. The van der Waals surface area contributed by atoms with Gasteiger partial charge < -0.3 is 10.4 Å². The fourth-order valence-electron chi connectivity index (χ4n) is 1.56. The Balaban J connectivity index is 2.34. The Morgan fingerprint density at radius 3 is 2.67 bits per heavy atom. The first-order chi connectivity index (χ1) is 9.77. The van der Waals surface area contributed by atoms with Gasteiger partial charge in [0, 0.05) is 11.9 Å². The molecule has 0 saturated carbocycles. The van der Waals surface area contributed by atoms with Gasteiger partial charge >= 0.3 is 0 Å². The van der Waals surface area contributed by atoms with Gasteiger partial charge in [0.1, 0.15) is 11.6 Å². The fourth-order valence-corrected chi connectivity index (χ4v) is 2.13. The van der Waals surface area contributed by atoms with Crippen LogP contribution in [-0.4, -0.2) is 24.4 Å². The molecule has 0 spiro atoms. The Labute approximate surface area is 119 Å². The van der Waals surface area contributed by atoms with Crippen LogP contribution in [0.2, 0.25) is 0 Å². The van der Waals surface area contributed by atoms with Gasteiger partial charge in [0.2, 0.25) is 10.0 Å². The van der Waals surface area contributed by atoms with Crippen molar-refractivity contribution < 1.29 is 22.7 Å². The second-order valence-corrected chi connectivity index (χ2v) is 5.61. The van der Waals surface area contributed by atoms with Crippen molar-refractivity contribution >= 4 is 21.6 Å². The molecule has 110 valence electrons. The number of aromatic hydroxyl groups is 1. The molecular formula is C12H10FN3O4S. The molecule has 0 radical (unpaired) electrons. The molecule has 7 nitrogen and oxygen atoms in total. The molecule has 1 heterocycles. The number of aromatic nitrogens is 1. The number of hydrogen-bond donors (Lipinski definition) is 3. The number of nitrogens with one attached hydrogen (secondary N) is 1. The van der Waals surface area contributed by atoms with Crippen LogP contribution in [-0.2, 0) is 10.0 Å². The molecule has 1 aromatic carbocycles. The number of nitrogens with two attached hydrogens (primary N) is 1. The third kappa shape index (κ3) is 3.52. The number of nitrogens with zero attached hydrogens (tertiary/aromatic N) is 1. The van der Waals surface area contributed by atoms with E-state index in [1.807, 2.05) is 0 Å². The molecule has 0 unspecified atom stereocenters. The van der Waals surface area contributed by atoms with Crippen LogP contribution in [0.15, 0.2) is 41.4 Å². The van der Waals surface area contributed by atoms with Crippen LogP contribution in [0.3, 0.4) is 0 Å². The second-order valence-electron chi connectivity index (χ2n) is 4.05. The molecule has 2 rings (SSSR count). The van der Waals surface area contributed by atoms with Crippen LogP contribution in [0.4, 0.5) is 10.1 Å². The van der Waals surface area contributed by atoms with E-state index < -0.39 is 26.6 Å². The van der Waals surface area contributed by atoms with Gasteiger partial charge in [-0.2, -0.15) is 0 Å². The first-order valence-electron chi connectivity index (χ1n) is 5.56. The first-order valence-corrected chi connectivity index (χ1v) is 7.11. The highest BCUT2D eigenvalue weighted by molar-refractivity contribution is 7.89. The zero-order chi connectivity index (χ0) is 15.6. The van der Waals surface area contributed by atoms with E-state index in [4.69, 9.17) is 5.14 Å². The number of benzene rings is 1. The van der Waals surface area contributed by atoms with Gasteiger partial charge in [0.25, 0.3) is 5.91 Å². The lowest BCUT2D eigenvalue weighted by Gasteiger charge is -2.07. The summed E-state index contributed by atoms with van der Waals surface area (Å²) in [7, 11) is -4.11. The molecule has 1 aromatic heterocycles. The summed E-state index contributed by atoms with van der Waals surface area (Å²) >= 11 is 0. The molecule has 21 heavy (non-hydrogen) atoms. The number of rotatable bonds is 3. The number of primary sulfonamides is 1. The largest absolute Gasteiger partial charge is 0.505 e. The third-order valence-corrected chi connectivity index (χ3v) is 3.35. The molecular weight excluding hydrogens is 301 g/mol. The Morgan fingerprint density at radius 1 is 1.33 bits per heavy atom. The van der Waals surface area contributed by atoms with Crippen LogP contribution >= 0.6 is 0 Å². The first kappa shape index (κ1) is 14.9. The number of pyridine rings is 1. The van der Waals surface area contributed by atoms with Gasteiger partial charge in [-0.25, -0.2) is 22.9 Å². The molecule has 0 saturated heterocycles. The van der Waals surface area contributed by atoms with Crippen molar-refractivity contribution in [1.82, 2.24) is 4.98 Å². The number of halogens is 1. The Hall–Kier alpha value is -2.52. The van der Waals surface area contributed by atoms with E-state index in [0.717, 1.165) is 18.2 Å². The van der Waals surface area contributed by atoms with Gasteiger partial charge in [-0.05, 0) is 30.3 Å². The topological polar surface area (TPSA) is 122 Å². The maximum Gasteiger partial charge on any atom is 0.278 e. The molecule has 2 aromatic rings. The van der Waals surface area contributed by atoms with E-state index in [9.17, 15) is 22.7 Å². The minimum atomic E-state index is -4.11. The molecule has 1 amide bonds. The summed E-state index contributed by atoms with van der Waals surface area (Å²) in [4.78, 5) is 15.1. The molecule has 0 fully saturated rings. The minimum Gasteiger partial charge on any atom is -0.505 e. The third-order valence-electron chi connectivity index (χ3n) is 2.46. The minimum absolute atomic E-state index is 0.130. The predicted molar refractivity (Wildman–Crippen MR) is 71.6 cm³/mol. The van der Waals surface area contributed by atoms with E-state index in [-0.39, 0.29) is 17.1 Å². The van der Waals surface area contributed by atoms with Crippen LogP contribution in [0.1, 0.15) is 10.5 Å². The number of carbonyl (C=O) groups is 1. The molecule has 0 aliphatic heterocycles. The van der Waals surface area contributed by atoms with Crippen LogP contribution in [0.5, 0.6) is 5.75 Å². The summed E-state index contributed by atoms with van der Waals surface area (Å²) in [5, 5.41) is 16.6. The van der Waals surface area contributed by atoms with Crippen molar-refractivity contribution in [3.8, 4) is 5.75 Å². The number of sulfonamides is 1. The molecule has 0 aliphatic carbocycles. The average Bonchev–Trinajstić information content (AvgIpc) is 2.37. The summed E-state index contributed by atoms with van der Waals surface area (Å²) in [5.74, 6) is -2.07. The summed E-state index contributed by atoms with van der Waals surface area (Å²) in [5.41, 5.74) is -0.409. The summed E-state index contributed by atoms with van der Waals surface area (Å²) < 4.78 is 35.7. The predicted octanol–water partition coefficient (Wildman–Crippen LogP) is 0.826. The van der Waals surface area contributed by atoms with Gasteiger partial charge in [-0.15, -0.1) is 0 Å². The number of anilines is 1. The van der Waals surface area contributed by atoms with E-state index in [1.165, 1.54) is 18.3 Å². The number of hydrogen-bond acceptors (Lipinski definition) is 5. The Bertz CT molecular complexity index is 808. The standard InChI is InChI=1S/C12H10FN3O4S/c13-7-4-8(6-9(5-7)21(14,19)20)16-12(18)11-10(17)2-1-3-15-11/h1-6,17H,(H,16,18)(H2,14,19,20). The highest BCUT2D eigenvalue weighted by Gasteiger charge is 2.15. The van der Waals surface area contributed by atoms with Gasteiger partial charge in [0.05, 0.1) is 4.90 Å². The lowest BCUT2D eigenvalue weighted by molar-refractivity contribution is 0.101. The van der Waals surface area contributed by atoms with Gasteiger partial charge in [-0.3, -0.25) is 4.79 Å². The van der Waals surface area contributed by atoms with Crippen molar-refractivity contribution in [1.29, 1.82) is 0 Å². The number of amides is 1. The second kappa shape index (κ2) is 5.46. The van der Waals surface area contributed by atoms with E-state index in [0.29, 0.717) is 0 Å². The lowest BCUT2D eigenvalue weighted by Crippen LogP contribution is -2.16. The zero-order valence-electron chi connectivity index (χ0n) is 10.4. The molecule has 0 aliphatic rings. The number of carbonyl (C=O) groups excluding carboxylic acids is 1. The van der Waals surface area contributed by atoms with Crippen molar-refractivity contribution in [3.63, 3.8) is 0 Å². The molecule has 9 heteroatoms. The van der Waals surface area contributed by atoms with Crippen molar-refractivity contribution in [2.75, 3.05) is 5.32 Å². The highest BCUT2D eigenvalue weighted by atomic mass is 32.2. The monoisotopic (exact) mass is 311 g/mol. The van der Waals surface area contributed by atoms with Crippen molar-refractivity contribution in [3.05, 3.63) is 48.0 Å². The lowest BCUT2D eigenvalue weighted by atomic mass is 10.2. The quantitative estimate of drug-likeness (QED) is 0.774. The van der Waals surface area contributed by atoms with E-state index >= 15 is 0 Å². The Kier molecular flexibility index (Phi) is 3.87. The summed E-state index contributed by atoms with van der Waals surface area (Å²) in [6.07, 6.45) is 1.29. The van der Waals surface area contributed by atoms with E-state index in [1.54, 1.807) is 0 Å². The van der Waals surface area contributed by atoms with Crippen molar-refractivity contribution in [2.24, 2.45) is 5.14 Å². The maximum absolute atomic E-state index is 13.4. The average molecular weight is 311 g/mol. The fraction of sp³-hybridized carbons (Fsp3) is 0. The van der Waals surface area contributed by atoms with Crippen LogP contribution in [0.25, 0.3) is 0 Å². The smallest absolute Gasteiger partial charge is 0.278 e. The molecule has 0 bridgehead atoms. The summed E-state index contributed by atoms with van der Waals surface area (Å²) in [6.45, 7) is 0. The molecule has 0 atom stereocenters. The zero-order valence-corrected chi connectivity index (χ0v) is 11.3. The van der Waals surface area contributed by atoms with Crippen LogP contribution in [0, 0.1) is 5.82 Å². The Morgan fingerprint density at radius 2 is 2.05 bits per heavy atom. The van der Waals surface area contributed by atoms with Crippen LogP contribution < -0.4 is 10.5 Å². The highest BCUT2D eigenvalue weighted by Crippen LogP contribution is 2.19. The van der Waals surface area contributed by atoms with Gasteiger partial charge in [0.15, 0.2) is 5.69 Å². The van der Waals surface area contributed by atoms with E-state index in [2.05, 4.69) is 10.3 Å². The normalized spacial score (nSPS) is 11.1. The maximum atomic E-state index is 13.4. The van der Waals surface area contributed by atoms with Gasteiger partial charge in [-0.1, -0.05) is 0 Å². The molecule has 4 N–H and O–H groups in total. The van der Waals surface area contributed by atoms with Crippen molar-refractivity contribution in [2.45, 2.75) is 4.90 Å². The SMILES string of the molecule is NS(=O)(=O)c1cc(F)cc(NC(=O)c2ncccc2O)c1.